The second-order valence-corrected chi connectivity index (χ2v) is 6.89. The van der Waals surface area contributed by atoms with E-state index in [0.29, 0.717) is 38.7 Å². The van der Waals surface area contributed by atoms with Gasteiger partial charge in [0.05, 0.1) is 26.2 Å². The molecule has 1 unspecified atom stereocenters. The summed E-state index contributed by atoms with van der Waals surface area (Å²) in [6.07, 6.45) is 1.54. The number of nitrogens with one attached hydrogen (secondary N) is 2. The summed E-state index contributed by atoms with van der Waals surface area (Å²) in [6.45, 7) is 4.01. The minimum absolute atomic E-state index is 0.0124. The first-order valence-corrected chi connectivity index (χ1v) is 10.2. The monoisotopic (exact) mass is 421 g/mol. The molecule has 1 aliphatic heterocycles. The van der Waals surface area contributed by atoms with E-state index in [-0.39, 0.29) is 24.8 Å². The van der Waals surface area contributed by atoms with Crippen LogP contribution in [0.5, 0.6) is 5.75 Å². The highest BCUT2D eigenvalue weighted by atomic mass is 16.5. The van der Waals surface area contributed by atoms with Crippen LogP contribution in [0.25, 0.3) is 0 Å². The lowest BCUT2D eigenvalue weighted by molar-refractivity contribution is -0.151. The molecule has 1 aromatic rings. The van der Waals surface area contributed by atoms with Crippen LogP contribution >= 0.6 is 0 Å². The molecule has 0 aromatic heterocycles. The molecule has 1 saturated heterocycles. The van der Waals surface area contributed by atoms with Gasteiger partial charge in [0.2, 0.25) is 11.8 Å². The topological polar surface area (TPSA) is 106 Å². The van der Waals surface area contributed by atoms with Crippen molar-refractivity contribution in [3.8, 4) is 5.75 Å². The fourth-order valence-electron chi connectivity index (χ4n) is 2.95. The number of hydrogen-bond acceptors (Lipinski definition) is 7. The van der Waals surface area contributed by atoms with Gasteiger partial charge in [-0.25, -0.2) is 0 Å². The van der Waals surface area contributed by atoms with Crippen LogP contribution in [0.3, 0.4) is 0 Å². The Morgan fingerprint density at radius 2 is 1.97 bits per heavy atom. The number of carbonyl (C=O) groups is 3. The van der Waals surface area contributed by atoms with Gasteiger partial charge in [0, 0.05) is 25.9 Å². The average Bonchev–Trinajstić information content (AvgIpc) is 2.75. The summed E-state index contributed by atoms with van der Waals surface area (Å²) in [5.74, 6) is -0.352. The third-order valence-corrected chi connectivity index (χ3v) is 4.63. The van der Waals surface area contributed by atoms with Gasteiger partial charge in [-0.3, -0.25) is 14.4 Å². The molecule has 2 N–H and O–H groups in total. The smallest absolute Gasteiger partial charge is 0.308 e. The number of benzene rings is 1. The van der Waals surface area contributed by atoms with Crippen molar-refractivity contribution in [2.75, 3.05) is 51.9 Å². The highest BCUT2D eigenvalue weighted by Crippen LogP contribution is 2.16. The summed E-state index contributed by atoms with van der Waals surface area (Å²) in [6, 6.07) is 6.36. The lowest BCUT2D eigenvalue weighted by Gasteiger charge is -2.34. The average molecular weight is 421 g/mol. The van der Waals surface area contributed by atoms with E-state index >= 15 is 0 Å². The fraction of sp³-hybridized carbons (Fsp3) is 0.571. The van der Waals surface area contributed by atoms with Crippen LogP contribution in [0, 0.1) is 0 Å². The molecule has 1 atom stereocenters. The Labute approximate surface area is 177 Å². The van der Waals surface area contributed by atoms with Gasteiger partial charge in [-0.15, -0.1) is 0 Å². The SMILES string of the molecule is CCCCOC(=O)CC1C(=O)NCCN1C(=O)CNc1ccc(OCCOC)cc1. The minimum atomic E-state index is -0.848. The number of nitrogens with zero attached hydrogens (tertiary/aromatic N) is 1. The molecule has 9 heteroatoms. The molecule has 30 heavy (non-hydrogen) atoms. The molecule has 1 aliphatic rings. The van der Waals surface area contributed by atoms with Crippen LogP contribution in [0.2, 0.25) is 0 Å². The first-order chi connectivity index (χ1) is 14.5. The number of esters is 1. The van der Waals surface area contributed by atoms with Gasteiger partial charge in [-0.1, -0.05) is 13.3 Å². The van der Waals surface area contributed by atoms with Crippen molar-refractivity contribution in [2.24, 2.45) is 0 Å². The zero-order valence-electron chi connectivity index (χ0n) is 17.6. The lowest BCUT2D eigenvalue weighted by atomic mass is 10.1. The Morgan fingerprint density at radius 1 is 1.20 bits per heavy atom. The number of methoxy groups -OCH3 is 1. The predicted molar refractivity (Wildman–Crippen MR) is 111 cm³/mol. The molecule has 0 aliphatic carbocycles. The number of amides is 2. The van der Waals surface area contributed by atoms with E-state index < -0.39 is 12.0 Å². The lowest BCUT2D eigenvalue weighted by Crippen LogP contribution is -2.58. The van der Waals surface area contributed by atoms with Crippen molar-refractivity contribution in [3.63, 3.8) is 0 Å². The minimum Gasteiger partial charge on any atom is -0.491 e. The highest BCUT2D eigenvalue weighted by molar-refractivity contribution is 5.93. The van der Waals surface area contributed by atoms with Crippen molar-refractivity contribution in [3.05, 3.63) is 24.3 Å². The summed E-state index contributed by atoms with van der Waals surface area (Å²) in [5.41, 5.74) is 0.749. The molecular weight excluding hydrogens is 390 g/mol. The fourth-order valence-corrected chi connectivity index (χ4v) is 2.95. The maximum atomic E-state index is 12.7. The van der Waals surface area contributed by atoms with Crippen LogP contribution < -0.4 is 15.4 Å². The van der Waals surface area contributed by atoms with Crippen molar-refractivity contribution >= 4 is 23.5 Å². The van der Waals surface area contributed by atoms with E-state index in [2.05, 4.69) is 10.6 Å². The zero-order valence-corrected chi connectivity index (χ0v) is 17.6. The van der Waals surface area contributed by atoms with Crippen molar-refractivity contribution < 1.29 is 28.6 Å². The van der Waals surface area contributed by atoms with Gasteiger partial charge < -0.3 is 29.7 Å². The molecule has 166 valence electrons. The summed E-state index contributed by atoms with van der Waals surface area (Å²) >= 11 is 0. The molecular formula is C21H31N3O6. The Morgan fingerprint density at radius 3 is 2.67 bits per heavy atom. The van der Waals surface area contributed by atoms with E-state index in [1.54, 1.807) is 31.4 Å². The third kappa shape index (κ3) is 7.55. The molecule has 0 spiro atoms. The first kappa shape index (κ1) is 23.5. The molecule has 1 fully saturated rings. The standard InChI is InChI=1S/C21H31N3O6/c1-3-4-11-30-20(26)14-18-21(27)22-9-10-24(18)19(25)15-23-16-5-7-17(8-6-16)29-13-12-28-2/h5-8,18,23H,3-4,9-15H2,1-2H3,(H,22,27). The van der Waals surface area contributed by atoms with Crippen LogP contribution in [0.4, 0.5) is 5.69 Å². The Bertz CT molecular complexity index is 694. The van der Waals surface area contributed by atoms with Gasteiger partial charge in [0.1, 0.15) is 18.4 Å². The van der Waals surface area contributed by atoms with Gasteiger partial charge in [-0.05, 0) is 30.7 Å². The van der Waals surface area contributed by atoms with Crippen LogP contribution in [0.15, 0.2) is 24.3 Å². The molecule has 1 aromatic carbocycles. The maximum absolute atomic E-state index is 12.7. The molecule has 2 rings (SSSR count). The number of unbranched alkanes of at least 4 members (excludes halogenated alkanes) is 1. The molecule has 2 amide bonds. The highest BCUT2D eigenvalue weighted by Gasteiger charge is 2.34. The molecule has 9 nitrogen and oxygen atoms in total. The van der Waals surface area contributed by atoms with Crippen molar-refractivity contribution in [1.29, 1.82) is 0 Å². The first-order valence-electron chi connectivity index (χ1n) is 10.2. The summed E-state index contributed by atoms with van der Waals surface area (Å²) < 4.78 is 15.6. The quantitative estimate of drug-likeness (QED) is 0.386. The van der Waals surface area contributed by atoms with E-state index in [1.807, 2.05) is 6.92 Å². The second-order valence-electron chi connectivity index (χ2n) is 6.89. The second kappa shape index (κ2) is 12.7. The normalized spacial score (nSPS) is 16.0. The van der Waals surface area contributed by atoms with E-state index in [9.17, 15) is 14.4 Å². The van der Waals surface area contributed by atoms with E-state index in [1.165, 1.54) is 4.90 Å². The predicted octanol–water partition coefficient (Wildman–Crippen LogP) is 1.18. The van der Waals surface area contributed by atoms with E-state index in [4.69, 9.17) is 14.2 Å². The summed E-state index contributed by atoms with van der Waals surface area (Å²) in [5, 5.41) is 5.75. The van der Waals surface area contributed by atoms with Crippen LogP contribution in [-0.4, -0.2) is 75.3 Å². The number of rotatable bonds is 12. The summed E-state index contributed by atoms with van der Waals surface area (Å²) in [7, 11) is 1.61. The Kier molecular flexibility index (Phi) is 9.93. The van der Waals surface area contributed by atoms with Crippen molar-refractivity contribution in [1.82, 2.24) is 10.2 Å². The Hall–Kier alpha value is -2.81. The number of carbonyl (C=O) groups excluding carboxylic acids is 3. The van der Waals surface area contributed by atoms with Gasteiger partial charge >= 0.3 is 5.97 Å². The third-order valence-electron chi connectivity index (χ3n) is 4.63. The number of ether oxygens (including phenoxy) is 3. The molecule has 0 saturated carbocycles. The van der Waals surface area contributed by atoms with Crippen LogP contribution in [-0.2, 0) is 23.9 Å². The van der Waals surface area contributed by atoms with E-state index in [0.717, 1.165) is 18.5 Å². The van der Waals surface area contributed by atoms with Crippen LogP contribution in [0.1, 0.15) is 26.2 Å². The number of piperazine rings is 1. The zero-order chi connectivity index (χ0) is 21.8. The molecule has 0 radical (unpaired) electrons. The summed E-state index contributed by atoms with van der Waals surface area (Å²) in [4.78, 5) is 38.4. The van der Waals surface area contributed by atoms with Gasteiger partial charge in [0.25, 0.3) is 0 Å². The van der Waals surface area contributed by atoms with Gasteiger partial charge in [-0.2, -0.15) is 0 Å². The van der Waals surface area contributed by atoms with Gasteiger partial charge in [0.15, 0.2) is 0 Å². The number of hydrogen-bond donors (Lipinski definition) is 2. The van der Waals surface area contributed by atoms with Crippen molar-refractivity contribution in [2.45, 2.75) is 32.2 Å². The number of anilines is 1. The molecule has 0 bridgehead atoms. The maximum Gasteiger partial charge on any atom is 0.308 e. The largest absolute Gasteiger partial charge is 0.491 e. The Balaban J connectivity index is 1.87. The molecule has 1 heterocycles.